The number of hydrogen-bond acceptors (Lipinski definition) is 5. The van der Waals surface area contributed by atoms with E-state index in [4.69, 9.17) is 14.2 Å². The number of ether oxygens (including phenoxy) is 3. The van der Waals surface area contributed by atoms with Gasteiger partial charge in [-0.25, -0.2) is 4.79 Å². The molecule has 120 valence electrons. The van der Waals surface area contributed by atoms with Gasteiger partial charge in [-0.15, -0.1) is 0 Å². The molecule has 1 saturated heterocycles. The van der Waals surface area contributed by atoms with E-state index >= 15 is 0 Å². The van der Waals surface area contributed by atoms with Crippen LogP contribution in [0.5, 0.6) is 11.5 Å². The van der Waals surface area contributed by atoms with E-state index in [1.165, 1.54) is 5.57 Å². The van der Waals surface area contributed by atoms with Gasteiger partial charge in [-0.3, -0.25) is 4.90 Å². The fraction of sp³-hybridized carbons (Fsp3) is 0.500. The van der Waals surface area contributed by atoms with E-state index in [0.29, 0.717) is 17.4 Å². The van der Waals surface area contributed by atoms with Gasteiger partial charge < -0.3 is 14.2 Å². The normalized spacial score (nSPS) is 34.3. The van der Waals surface area contributed by atoms with Crippen molar-refractivity contribution in [1.29, 1.82) is 0 Å². The first-order valence-corrected chi connectivity index (χ1v) is 8.19. The second-order valence-corrected chi connectivity index (χ2v) is 6.96. The van der Waals surface area contributed by atoms with Crippen molar-refractivity contribution in [3.8, 4) is 11.5 Å². The third-order valence-corrected chi connectivity index (χ3v) is 5.66. The smallest absolute Gasteiger partial charge is 0.338 e. The number of carbonyl (C=O) groups excluding carboxylic acids is 1. The topological polar surface area (TPSA) is 48.0 Å². The highest BCUT2D eigenvalue weighted by Gasteiger charge is 2.49. The number of hydrogen-bond donors (Lipinski definition) is 0. The Balaban J connectivity index is 1.70. The Morgan fingerprint density at radius 3 is 2.83 bits per heavy atom. The lowest BCUT2D eigenvalue weighted by Crippen LogP contribution is -2.48. The molecule has 1 aliphatic carbocycles. The molecule has 0 N–H and O–H groups in total. The van der Waals surface area contributed by atoms with Gasteiger partial charge in [-0.2, -0.15) is 0 Å². The molecule has 0 unspecified atom stereocenters. The molecule has 1 aromatic rings. The Hall–Kier alpha value is -2.01. The summed E-state index contributed by atoms with van der Waals surface area (Å²) in [4.78, 5) is 14.9. The lowest BCUT2D eigenvalue weighted by Gasteiger charge is -2.44. The lowest BCUT2D eigenvalue weighted by molar-refractivity contribution is -0.00431. The molecule has 3 aliphatic heterocycles. The highest BCUT2D eigenvalue weighted by atomic mass is 16.7. The second kappa shape index (κ2) is 4.51. The predicted octanol–water partition coefficient (Wildman–Crippen LogP) is 2.32. The summed E-state index contributed by atoms with van der Waals surface area (Å²) in [5.41, 5.74) is 3.15. The van der Waals surface area contributed by atoms with Crippen molar-refractivity contribution in [3.63, 3.8) is 0 Å². The number of likely N-dealkylation sites (N-methyl/N-ethyl adjacent to an activating group) is 1. The SMILES string of the molecule is C[C@H]1C=C2CCN(C)[C@H]2[C@@H]2c3cc4c(cc3C(=O)O[C@@H]21)OCO4. The zero-order chi connectivity index (χ0) is 15.7. The minimum atomic E-state index is -0.246. The first-order valence-electron chi connectivity index (χ1n) is 8.19. The quantitative estimate of drug-likeness (QED) is 0.543. The van der Waals surface area contributed by atoms with Crippen LogP contribution in [0.2, 0.25) is 0 Å². The van der Waals surface area contributed by atoms with Crippen molar-refractivity contribution in [3.05, 3.63) is 34.9 Å². The van der Waals surface area contributed by atoms with E-state index in [-0.39, 0.29) is 30.7 Å². The van der Waals surface area contributed by atoms with Crippen LogP contribution in [0.15, 0.2) is 23.8 Å². The number of likely N-dealkylation sites (tertiary alicyclic amines) is 1. The maximum Gasteiger partial charge on any atom is 0.338 e. The van der Waals surface area contributed by atoms with Crippen LogP contribution in [0, 0.1) is 5.92 Å². The van der Waals surface area contributed by atoms with Gasteiger partial charge in [-0.1, -0.05) is 18.6 Å². The van der Waals surface area contributed by atoms with Gasteiger partial charge in [0.15, 0.2) is 11.5 Å². The summed E-state index contributed by atoms with van der Waals surface area (Å²) in [5, 5.41) is 0. The van der Waals surface area contributed by atoms with Gasteiger partial charge in [0, 0.05) is 24.4 Å². The van der Waals surface area contributed by atoms with E-state index in [1.54, 1.807) is 6.07 Å². The molecule has 4 aliphatic rings. The van der Waals surface area contributed by atoms with E-state index in [0.717, 1.165) is 24.3 Å². The molecule has 5 rings (SSSR count). The fourth-order valence-electron chi connectivity index (χ4n) is 4.63. The number of rotatable bonds is 0. The lowest BCUT2D eigenvalue weighted by atomic mass is 9.71. The fourth-order valence-corrected chi connectivity index (χ4v) is 4.63. The Morgan fingerprint density at radius 1 is 1.22 bits per heavy atom. The van der Waals surface area contributed by atoms with Gasteiger partial charge in [0.25, 0.3) is 0 Å². The van der Waals surface area contributed by atoms with Gasteiger partial charge in [0.2, 0.25) is 6.79 Å². The first kappa shape index (κ1) is 13.4. The zero-order valence-corrected chi connectivity index (χ0v) is 13.2. The van der Waals surface area contributed by atoms with Crippen molar-refractivity contribution in [2.45, 2.75) is 31.4 Å². The van der Waals surface area contributed by atoms with Gasteiger partial charge in [-0.05, 0) is 31.2 Å². The summed E-state index contributed by atoms with van der Waals surface area (Å²) in [6, 6.07) is 4.09. The zero-order valence-electron chi connectivity index (χ0n) is 13.2. The number of esters is 1. The third-order valence-electron chi connectivity index (χ3n) is 5.66. The maximum atomic E-state index is 12.5. The first-order chi connectivity index (χ1) is 11.1. The van der Waals surface area contributed by atoms with E-state index in [2.05, 4.69) is 24.9 Å². The second-order valence-electron chi connectivity index (χ2n) is 6.96. The molecule has 0 bridgehead atoms. The molecule has 0 radical (unpaired) electrons. The Morgan fingerprint density at radius 2 is 2.00 bits per heavy atom. The molecular formula is C18H19NO4. The number of fused-ring (bicyclic) bond motifs is 6. The van der Waals surface area contributed by atoms with Gasteiger partial charge in [0.1, 0.15) is 6.10 Å². The molecule has 0 aromatic heterocycles. The van der Waals surface area contributed by atoms with Crippen LogP contribution in [0.4, 0.5) is 0 Å². The molecule has 1 aromatic carbocycles. The maximum absolute atomic E-state index is 12.5. The highest BCUT2D eigenvalue weighted by molar-refractivity contribution is 5.94. The molecular weight excluding hydrogens is 294 g/mol. The largest absolute Gasteiger partial charge is 0.457 e. The Labute approximate surface area is 134 Å². The molecule has 0 amide bonds. The molecule has 4 atom stereocenters. The third kappa shape index (κ3) is 1.74. The molecule has 0 saturated carbocycles. The van der Waals surface area contributed by atoms with E-state index in [9.17, 15) is 4.79 Å². The van der Waals surface area contributed by atoms with Crippen molar-refractivity contribution in [2.24, 2.45) is 5.92 Å². The van der Waals surface area contributed by atoms with Crippen LogP contribution in [-0.4, -0.2) is 43.4 Å². The van der Waals surface area contributed by atoms with Crippen molar-refractivity contribution >= 4 is 5.97 Å². The Kier molecular flexibility index (Phi) is 2.63. The van der Waals surface area contributed by atoms with Gasteiger partial charge in [0.05, 0.1) is 5.56 Å². The van der Waals surface area contributed by atoms with E-state index < -0.39 is 0 Å². The average Bonchev–Trinajstić information content (AvgIpc) is 3.13. The molecule has 1 fully saturated rings. The summed E-state index contributed by atoms with van der Waals surface area (Å²) >= 11 is 0. The van der Waals surface area contributed by atoms with Crippen molar-refractivity contribution in [2.75, 3.05) is 20.4 Å². The molecule has 3 heterocycles. The highest BCUT2D eigenvalue weighted by Crippen LogP contribution is 2.50. The van der Waals surface area contributed by atoms with Crippen molar-refractivity contribution in [1.82, 2.24) is 4.90 Å². The van der Waals surface area contributed by atoms with Crippen LogP contribution in [0.1, 0.15) is 35.2 Å². The minimum absolute atomic E-state index is 0.107. The number of benzene rings is 1. The van der Waals surface area contributed by atoms with Gasteiger partial charge >= 0.3 is 5.97 Å². The molecule has 23 heavy (non-hydrogen) atoms. The summed E-state index contributed by atoms with van der Waals surface area (Å²) < 4.78 is 16.8. The summed E-state index contributed by atoms with van der Waals surface area (Å²) in [7, 11) is 2.15. The predicted molar refractivity (Wildman–Crippen MR) is 82.8 cm³/mol. The molecule has 5 nitrogen and oxygen atoms in total. The minimum Gasteiger partial charge on any atom is -0.457 e. The van der Waals surface area contributed by atoms with Crippen LogP contribution < -0.4 is 9.47 Å². The van der Waals surface area contributed by atoms with E-state index in [1.807, 2.05) is 6.07 Å². The Bertz CT molecular complexity index is 741. The van der Waals surface area contributed by atoms with Crippen LogP contribution in [0.25, 0.3) is 0 Å². The summed E-state index contributed by atoms with van der Waals surface area (Å²) in [6.45, 7) is 3.41. The summed E-state index contributed by atoms with van der Waals surface area (Å²) in [5.74, 6) is 1.53. The monoisotopic (exact) mass is 313 g/mol. The number of nitrogens with zero attached hydrogens (tertiary/aromatic N) is 1. The number of carbonyl (C=O) groups is 1. The molecule has 5 heteroatoms. The van der Waals surface area contributed by atoms with Crippen LogP contribution >= 0.6 is 0 Å². The van der Waals surface area contributed by atoms with Crippen molar-refractivity contribution < 1.29 is 19.0 Å². The van der Waals surface area contributed by atoms with Crippen LogP contribution in [-0.2, 0) is 4.74 Å². The standard InChI is InChI=1S/C18H19NO4/c1-9-5-10-3-4-19(2)16(10)15-11-6-13-14(22-8-21-13)7-12(11)18(20)23-17(9)15/h5-7,9,15-17H,3-4,8H2,1-2H3/t9-,15-,16+,17+/m0/s1. The average molecular weight is 313 g/mol. The molecule has 0 spiro atoms. The summed E-state index contributed by atoms with van der Waals surface area (Å²) in [6.07, 6.45) is 3.30. The van der Waals surface area contributed by atoms with Crippen LogP contribution in [0.3, 0.4) is 0 Å².